The first kappa shape index (κ1) is 21.3. The summed E-state index contributed by atoms with van der Waals surface area (Å²) in [6.07, 6.45) is 3.29. The molecular formula is C25H25N5O2S. The number of benzene rings is 1. The molecule has 0 spiro atoms. The predicted molar refractivity (Wildman–Crippen MR) is 129 cm³/mol. The van der Waals surface area contributed by atoms with Gasteiger partial charge in [-0.1, -0.05) is 24.3 Å². The highest BCUT2D eigenvalue weighted by atomic mass is 32.1. The van der Waals surface area contributed by atoms with Gasteiger partial charge in [0.05, 0.1) is 29.6 Å². The lowest BCUT2D eigenvalue weighted by Crippen LogP contribution is -2.43. The lowest BCUT2D eigenvalue weighted by Gasteiger charge is -2.32. The van der Waals surface area contributed by atoms with Crippen molar-refractivity contribution < 1.29 is 9.59 Å². The molecule has 1 aliphatic heterocycles. The van der Waals surface area contributed by atoms with Gasteiger partial charge < -0.3 is 10.2 Å². The molecule has 4 aromatic rings. The topological polar surface area (TPSA) is 80.1 Å². The van der Waals surface area contributed by atoms with Crippen molar-refractivity contribution in [1.82, 2.24) is 19.7 Å². The Morgan fingerprint density at radius 2 is 2.03 bits per heavy atom. The van der Waals surface area contributed by atoms with Crippen molar-refractivity contribution in [2.45, 2.75) is 26.3 Å². The largest absolute Gasteiger partial charge is 0.338 e. The first-order valence-electron chi connectivity index (χ1n) is 11.1. The molecule has 0 aliphatic carbocycles. The number of aromatic nitrogens is 3. The molecule has 0 radical (unpaired) electrons. The number of aryl methyl sites for hydroxylation is 1. The fourth-order valence-corrected chi connectivity index (χ4v) is 5.01. The minimum Gasteiger partial charge on any atom is -0.338 e. The van der Waals surface area contributed by atoms with Crippen molar-refractivity contribution in [3.63, 3.8) is 0 Å². The first-order valence-corrected chi connectivity index (χ1v) is 12.0. The molecule has 0 bridgehead atoms. The number of para-hydroxylation sites is 1. The number of carbonyl (C=O) groups excluding carboxylic acids is 2. The van der Waals surface area contributed by atoms with Gasteiger partial charge in [0, 0.05) is 29.3 Å². The number of nitrogens with one attached hydrogen (secondary N) is 1. The molecule has 1 atom stereocenters. The van der Waals surface area contributed by atoms with E-state index in [0.717, 1.165) is 29.6 Å². The molecule has 4 heterocycles. The highest BCUT2D eigenvalue weighted by molar-refractivity contribution is 7.09. The fraction of sp³-hybridized carbons (Fsp3) is 0.280. The average molecular weight is 460 g/mol. The number of anilines is 1. The smallest absolute Gasteiger partial charge is 0.254 e. The Balaban J connectivity index is 1.36. The van der Waals surface area contributed by atoms with Crippen LogP contribution in [0.25, 0.3) is 11.0 Å². The zero-order valence-corrected chi connectivity index (χ0v) is 19.2. The average Bonchev–Trinajstić information content (AvgIpc) is 3.49. The lowest BCUT2D eigenvalue weighted by atomic mass is 9.96. The van der Waals surface area contributed by atoms with Crippen molar-refractivity contribution in [2.24, 2.45) is 5.92 Å². The van der Waals surface area contributed by atoms with Crippen LogP contribution in [0.4, 0.5) is 5.69 Å². The van der Waals surface area contributed by atoms with Gasteiger partial charge in [0.15, 0.2) is 5.65 Å². The Kier molecular flexibility index (Phi) is 5.92. The molecule has 168 valence electrons. The van der Waals surface area contributed by atoms with Gasteiger partial charge in [0.2, 0.25) is 5.91 Å². The molecule has 1 fully saturated rings. The Bertz CT molecular complexity index is 1280. The SMILES string of the molecule is Cc1cc(C(=O)N2CCCC(C(=O)Nc3ccccc3)C2)c2cnn(Cc3cccs3)c2n1. The maximum atomic E-state index is 13.6. The van der Waals surface area contributed by atoms with Crippen LogP contribution in [-0.2, 0) is 11.3 Å². The second-order valence-electron chi connectivity index (χ2n) is 8.38. The zero-order valence-electron chi connectivity index (χ0n) is 18.4. The number of carbonyl (C=O) groups is 2. The first-order chi connectivity index (χ1) is 16.1. The molecule has 1 aliphatic rings. The maximum absolute atomic E-state index is 13.6. The van der Waals surface area contributed by atoms with Gasteiger partial charge in [0.1, 0.15) is 0 Å². The molecule has 8 heteroatoms. The number of piperidine rings is 1. The van der Waals surface area contributed by atoms with E-state index in [-0.39, 0.29) is 17.7 Å². The van der Waals surface area contributed by atoms with E-state index in [1.54, 1.807) is 22.4 Å². The summed E-state index contributed by atoms with van der Waals surface area (Å²) >= 11 is 1.67. The Morgan fingerprint density at radius 3 is 2.82 bits per heavy atom. The summed E-state index contributed by atoms with van der Waals surface area (Å²) in [6.45, 7) is 3.56. The number of amides is 2. The fourth-order valence-electron chi connectivity index (χ4n) is 4.33. The van der Waals surface area contributed by atoms with Crippen LogP contribution in [0.1, 0.15) is 33.8 Å². The van der Waals surface area contributed by atoms with Gasteiger partial charge in [0.25, 0.3) is 5.91 Å². The monoisotopic (exact) mass is 459 g/mol. The summed E-state index contributed by atoms with van der Waals surface area (Å²) in [6, 6.07) is 15.3. The van der Waals surface area contributed by atoms with Crippen LogP contribution in [0.3, 0.4) is 0 Å². The van der Waals surface area contributed by atoms with Gasteiger partial charge in [-0.3, -0.25) is 9.59 Å². The van der Waals surface area contributed by atoms with Crippen molar-refractivity contribution in [3.8, 4) is 0 Å². The number of pyridine rings is 1. The quantitative estimate of drug-likeness (QED) is 0.481. The van der Waals surface area contributed by atoms with E-state index in [0.29, 0.717) is 30.8 Å². The van der Waals surface area contributed by atoms with E-state index in [1.165, 1.54) is 4.88 Å². The molecule has 1 N–H and O–H groups in total. The van der Waals surface area contributed by atoms with E-state index < -0.39 is 0 Å². The highest BCUT2D eigenvalue weighted by Crippen LogP contribution is 2.25. The zero-order chi connectivity index (χ0) is 22.8. The van der Waals surface area contributed by atoms with Gasteiger partial charge >= 0.3 is 0 Å². The van der Waals surface area contributed by atoms with Crippen molar-refractivity contribution in [1.29, 1.82) is 0 Å². The summed E-state index contributed by atoms with van der Waals surface area (Å²) in [5.41, 5.74) is 2.85. The predicted octanol–water partition coefficient (Wildman–Crippen LogP) is 4.34. The summed E-state index contributed by atoms with van der Waals surface area (Å²) in [7, 11) is 0. The van der Waals surface area contributed by atoms with Crippen molar-refractivity contribution in [3.05, 3.63) is 76.2 Å². The van der Waals surface area contributed by atoms with E-state index in [4.69, 9.17) is 0 Å². The third-order valence-electron chi connectivity index (χ3n) is 5.97. The summed E-state index contributed by atoms with van der Waals surface area (Å²) < 4.78 is 1.84. The van der Waals surface area contributed by atoms with Gasteiger partial charge in [-0.05, 0) is 49.4 Å². The van der Waals surface area contributed by atoms with Crippen LogP contribution in [0.15, 0.2) is 60.1 Å². The second-order valence-corrected chi connectivity index (χ2v) is 9.41. The number of nitrogens with zero attached hydrogens (tertiary/aromatic N) is 4. The number of likely N-dealkylation sites (tertiary alicyclic amines) is 1. The molecule has 5 rings (SSSR count). The molecule has 1 aromatic carbocycles. The molecule has 33 heavy (non-hydrogen) atoms. The van der Waals surface area contributed by atoms with E-state index in [2.05, 4.69) is 21.5 Å². The molecule has 3 aromatic heterocycles. The Morgan fingerprint density at radius 1 is 1.18 bits per heavy atom. The van der Waals surface area contributed by atoms with E-state index in [1.807, 2.05) is 59.5 Å². The van der Waals surface area contributed by atoms with Crippen LogP contribution in [0.5, 0.6) is 0 Å². The number of hydrogen-bond acceptors (Lipinski definition) is 5. The molecule has 2 amide bonds. The minimum atomic E-state index is -0.233. The molecule has 7 nitrogen and oxygen atoms in total. The van der Waals surface area contributed by atoms with Crippen molar-refractivity contribution >= 4 is 39.9 Å². The van der Waals surface area contributed by atoms with Crippen molar-refractivity contribution in [2.75, 3.05) is 18.4 Å². The molecule has 1 saturated heterocycles. The summed E-state index contributed by atoms with van der Waals surface area (Å²) in [5.74, 6) is -0.347. The second kappa shape index (κ2) is 9.15. The normalized spacial score (nSPS) is 16.2. The van der Waals surface area contributed by atoms with Crippen LogP contribution < -0.4 is 5.32 Å². The summed E-state index contributed by atoms with van der Waals surface area (Å²) in [5, 5.41) is 10.3. The Hall–Kier alpha value is -3.52. The highest BCUT2D eigenvalue weighted by Gasteiger charge is 2.30. The molecule has 0 saturated carbocycles. The summed E-state index contributed by atoms with van der Waals surface area (Å²) in [4.78, 5) is 34.0. The van der Waals surface area contributed by atoms with Crippen LogP contribution in [0, 0.1) is 12.8 Å². The third-order valence-corrected chi connectivity index (χ3v) is 6.84. The van der Waals surface area contributed by atoms with E-state index in [9.17, 15) is 9.59 Å². The van der Waals surface area contributed by atoms with Crippen LogP contribution >= 0.6 is 11.3 Å². The minimum absolute atomic E-state index is 0.0430. The number of thiophene rings is 1. The maximum Gasteiger partial charge on any atom is 0.254 e. The number of rotatable bonds is 5. The van der Waals surface area contributed by atoms with Gasteiger partial charge in [-0.15, -0.1) is 11.3 Å². The number of hydrogen-bond donors (Lipinski definition) is 1. The van der Waals surface area contributed by atoms with Gasteiger partial charge in [-0.25, -0.2) is 9.67 Å². The number of fused-ring (bicyclic) bond motifs is 1. The third kappa shape index (κ3) is 4.52. The van der Waals surface area contributed by atoms with Gasteiger partial charge in [-0.2, -0.15) is 5.10 Å². The lowest BCUT2D eigenvalue weighted by molar-refractivity contribution is -0.121. The molecular weight excluding hydrogens is 434 g/mol. The molecule has 1 unspecified atom stereocenters. The standard InChI is InChI=1S/C25H25N5O2S/c1-17-13-21(22-14-26-30(23(22)27-17)16-20-10-6-12-33-20)25(32)29-11-5-7-18(15-29)24(31)28-19-8-3-2-4-9-19/h2-4,6,8-10,12-14,18H,5,7,11,15-16H2,1H3,(H,28,31). The van der Waals surface area contributed by atoms with Crippen LogP contribution in [-0.4, -0.2) is 44.6 Å². The van der Waals surface area contributed by atoms with E-state index >= 15 is 0 Å². The van der Waals surface area contributed by atoms with Crippen LogP contribution in [0.2, 0.25) is 0 Å². The Labute approximate surface area is 196 Å².